The standard InChI is InChI=1S/C28H31N3O3/c1-2-33-26-11-7-6-10-22(26)24-13-12-23-25(30-24)18-31(20-28(23)14-16-29-17-15-28)27(32)34-19-21-8-4-3-5-9-21/h3-13,29H,2,14-20H2,1H3. The molecular weight excluding hydrogens is 426 g/mol. The zero-order chi connectivity index (χ0) is 23.4. The molecule has 2 aliphatic heterocycles. The highest BCUT2D eigenvalue weighted by molar-refractivity contribution is 5.70. The van der Waals surface area contributed by atoms with Gasteiger partial charge in [0.1, 0.15) is 12.4 Å². The Morgan fingerprint density at radius 1 is 1.03 bits per heavy atom. The van der Waals surface area contributed by atoms with E-state index in [1.165, 1.54) is 5.56 Å². The van der Waals surface area contributed by atoms with Gasteiger partial charge in [-0.3, -0.25) is 4.98 Å². The minimum absolute atomic E-state index is 0.102. The number of hydrogen-bond acceptors (Lipinski definition) is 5. The number of nitrogens with one attached hydrogen (secondary N) is 1. The summed E-state index contributed by atoms with van der Waals surface area (Å²) in [5.74, 6) is 0.823. The van der Waals surface area contributed by atoms with Gasteiger partial charge in [0.2, 0.25) is 0 Å². The molecule has 2 aromatic carbocycles. The van der Waals surface area contributed by atoms with Gasteiger partial charge in [0.25, 0.3) is 0 Å². The number of piperidine rings is 1. The lowest BCUT2D eigenvalue weighted by Crippen LogP contribution is -2.52. The van der Waals surface area contributed by atoms with Crippen LogP contribution in [0.2, 0.25) is 0 Å². The van der Waals surface area contributed by atoms with Gasteiger partial charge in [-0.2, -0.15) is 0 Å². The summed E-state index contributed by atoms with van der Waals surface area (Å²) in [6, 6.07) is 22.1. The van der Waals surface area contributed by atoms with Gasteiger partial charge in [-0.15, -0.1) is 0 Å². The number of carbonyl (C=O) groups is 1. The van der Waals surface area contributed by atoms with Crippen LogP contribution in [0.1, 0.15) is 36.6 Å². The molecule has 0 atom stereocenters. The molecule has 34 heavy (non-hydrogen) atoms. The van der Waals surface area contributed by atoms with E-state index < -0.39 is 0 Å². The SMILES string of the molecule is CCOc1ccccc1-c1ccc2c(n1)CN(C(=O)OCc1ccccc1)CC21CCNCC1. The second-order valence-corrected chi connectivity index (χ2v) is 9.05. The summed E-state index contributed by atoms with van der Waals surface area (Å²) < 4.78 is 11.6. The molecule has 0 radical (unpaired) electrons. The van der Waals surface area contributed by atoms with Crippen molar-refractivity contribution >= 4 is 6.09 Å². The molecule has 0 bridgehead atoms. The highest BCUT2D eigenvalue weighted by atomic mass is 16.6. The molecule has 1 amide bonds. The van der Waals surface area contributed by atoms with Crippen molar-refractivity contribution in [1.82, 2.24) is 15.2 Å². The summed E-state index contributed by atoms with van der Waals surface area (Å²) in [7, 11) is 0. The summed E-state index contributed by atoms with van der Waals surface area (Å²) in [5, 5.41) is 3.46. The predicted octanol–water partition coefficient (Wildman–Crippen LogP) is 4.92. The number of amides is 1. The molecule has 1 fully saturated rings. The van der Waals surface area contributed by atoms with Crippen LogP contribution < -0.4 is 10.1 Å². The molecule has 1 N–H and O–H groups in total. The van der Waals surface area contributed by atoms with Crippen molar-refractivity contribution in [3.8, 4) is 17.0 Å². The van der Waals surface area contributed by atoms with Crippen LogP contribution in [0, 0.1) is 0 Å². The first-order valence-electron chi connectivity index (χ1n) is 12.1. The summed E-state index contributed by atoms with van der Waals surface area (Å²) in [4.78, 5) is 20.1. The quantitative estimate of drug-likeness (QED) is 0.589. The summed E-state index contributed by atoms with van der Waals surface area (Å²) in [6.07, 6.45) is 1.66. The van der Waals surface area contributed by atoms with Crippen molar-refractivity contribution in [1.29, 1.82) is 0 Å². The van der Waals surface area contributed by atoms with Crippen molar-refractivity contribution < 1.29 is 14.3 Å². The normalized spacial score (nSPS) is 16.7. The monoisotopic (exact) mass is 457 g/mol. The van der Waals surface area contributed by atoms with Gasteiger partial charge in [0.15, 0.2) is 0 Å². The van der Waals surface area contributed by atoms with Crippen LogP contribution in [-0.2, 0) is 23.3 Å². The first kappa shape index (κ1) is 22.4. The van der Waals surface area contributed by atoms with Crippen LogP contribution in [0.3, 0.4) is 0 Å². The maximum Gasteiger partial charge on any atom is 0.410 e. The molecule has 176 valence electrons. The number of aromatic nitrogens is 1. The first-order chi connectivity index (χ1) is 16.7. The average Bonchev–Trinajstić information content (AvgIpc) is 2.88. The largest absolute Gasteiger partial charge is 0.493 e. The number of rotatable bonds is 5. The number of hydrogen-bond donors (Lipinski definition) is 1. The van der Waals surface area contributed by atoms with E-state index in [1.807, 2.05) is 66.4 Å². The predicted molar refractivity (Wildman–Crippen MR) is 132 cm³/mol. The van der Waals surface area contributed by atoms with Crippen molar-refractivity contribution in [2.24, 2.45) is 0 Å². The van der Waals surface area contributed by atoms with Gasteiger partial charge in [-0.05, 0) is 62.2 Å². The number of para-hydroxylation sites is 1. The van der Waals surface area contributed by atoms with Gasteiger partial charge in [-0.25, -0.2) is 4.79 Å². The third kappa shape index (κ3) is 4.50. The van der Waals surface area contributed by atoms with Crippen molar-refractivity contribution in [3.05, 3.63) is 83.6 Å². The first-order valence-corrected chi connectivity index (χ1v) is 12.1. The molecule has 2 aliphatic rings. The van der Waals surface area contributed by atoms with Crippen LogP contribution in [-0.4, -0.2) is 42.2 Å². The molecule has 5 rings (SSSR count). The van der Waals surface area contributed by atoms with Crippen molar-refractivity contribution in [2.45, 2.75) is 38.3 Å². The summed E-state index contributed by atoms with van der Waals surface area (Å²) in [6.45, 7) is 5.82. The molecule has 0 saturated carbocycles. The fourth-order valence-corrected chi connectivity index (χ4v) is 5.17. The highest BCUT2D eigenvalue weighted by Gasteiger charge is 2.43. The summed E-state index contributed by atoms with van der Waals surface area (Å²) >= 11 is 0. The van der Waals surface area contributed by atoms with E-state index >= 15 is 0 Å². The van der Waals surface area contributed by atoms with E-state index in [4.69, 9.17) is 14.5 Å². The zero-order valence-electron chi connectivity index (χ0n) is 19.6. The van der Waals surface area contributed by atoms with E-state index in [9.17, 15) is 4.79 Å². The fraction of sp³-hybridized carbons (Fsp3) is 0.357. The molecule has 3 heterocycles. The number of carbonyl (C=O) groups excluding carboxylic acids is 1. The zero-order valence-corrected chi connectivity index (χ0v) is 19.6. The fourth-order valence-electron chi connectivity index (χ4n) is 5.17. The second-order valence-electron chi connectivity index (χ2n) is 9.05. The average molecular weight is 458 g/mol. The number of ether oxygens (including phenoxy) is 2. The van der Waals surface area contributed by atoms with Crippen LogP contribution in [0.15, 0.2) is 66.7 Å². The molecule has 0 aliphatic carbocycles. The highest BCUT2D eigenvalue weighted by Crippen LogP contribution is 2.41. The van der Waals surface area contributed by atoms with Crippen molar-refractivity contribution in [3.63, 3.8) is 0 Å². The maximum atomic E-state index is 13.1. The molecular formula is C28H31N3O3. The Labute approximate surface area is 200 Å². The molecule has 1 aromatic heterocycles. The lowest BCUT2D eigenvalue weighted by molar-refractivity contribution is 0.0721. The van der Waals surface area contributed by atoms with Gasteiger partial charge in [0, 0.05) is 17.5 Å². The Hall–Kier alpha value is -3.38. The topological polar surface area (TPSA) is 63.7 Å². The van der Waals surface area contributed by atoms with Gasteiger partial charge in [-0.1, -0.05) is 48.5 Å². The minimum atomic E-state index is -0.283. The van der Waals surface area contributed by atoms with E-state index in [-0.39, 0.29) is 18.1 Å². The van der Waals surface area contributed by atoms with Crippen LogP contribution in [0.4, 0.5) is 4.79 Å². The lowest BCUT2D eigenvalue weighted by atomic mass is 9.70. The van der Waals surface area contributed by atoms with E-state index in [2.05, 4.69) is 17.4 Å². The van der Waals surface area contributed by atoms with Gasteiger partial charge in [0.05, 0.1) is 24.5 Å². The van der Waals surface area contributed by atoms with Crippen LogP contribution in [0.25, 0.3) is 11.3 Å². The Kier molecular flexibility index (Phi) is 6.50. The second kappa shape index (κ2) is 9.85. The number of nitrogens with zero attached hydrogens (tertiary/aromatic N) is 2. The molecule has 1 saturated heterocycles. The Morgan fingerprint density at radius 3 is 2.59 bits per heavy atom. The maximum absolute atomic E-state index is 13.1. The van der Waals surface area contributed by atoms with Crippen LogP contribution in [0.5, 0.6) is 5.75 Å². The molecule has 6 nitrogen and oxygen atoms in total. The third-order valence-corrected chi connectivity index (χ3v) is 6.87. The number of benzene rings is 2. The third-order valence-electron chi connectivity index (χ3n) is 6.87. The van der Waals surface area contributed by atoms with Gasteiger partial charge >= 0.3 is 6.09 Å². The van der Waals surface area contributed by atoms with Crippen molar-refractivity contribution in [2.75, 3.05) is 26.2 Å². The minimum Gasteiger partial charge on any atom is -0.493 e. The number of fused-ring (bicyclic) bond motifs is 2. The van der Waals surface area contributed by atoms with E-state index in [1.54, 1.807) is 0 Å². The summed E-state index contributed by atoms with van der Waals surface area (Å²) in [5.41, 5.74) is 4.93. The number of pyridine rings is 1. The Balaban J connectivity index is 1.45. The molecule has 0 unspecified atom stereocenters. The molecule has 1 spiro atoms. The molecule has 3 aromatic rings. The lowest BCUT2D eigenvalue weighted by Gasteiger charge is -2.45. The smallest absolute Gasteiger partial charge is 0.410 e. The van der Waals surface area contributed by atoms with E-state index in [0.717, 1.165) is 54.2 Å². The Morgan fingerprint density at radius 2 is 1.79 bits per heavy atom. The Bertz CT molecular complexity index is 1140. The van der Waals surface area contributed by atoms with E-state index in [0.29, 0.717) is 19.7 Å². The molecule has 6 heteroatoms. The van der Waals surface area contributed by atoms with Gasteiger partial charge < -0.3 is 19.7 Å². The van der Waals surface area contributed by atoms with Crippen LogP contribution >= 0.6 is 0 Å².